The first-order valence-corrected chi connectivity index (χ1v) is 12.8. The number of ether oxygens (including phenoxy) is 3. The van der Waals surface area contributed by atoms with Gasteiger partial charge in [0.05, 0.1) is 25.9 Å². The molecule has 2 N–H and O–H groups in total. The highest BCUT2D eigenvalue weighted by atomic mass is 16.5. The number of hydrogen-bond donors (Lipinski definition) is 2. The lowest BCUT2D eigenvalue weighted by molar-refractivity contribution is 0.0600. The molecule has 8 nitrogen and oxygen atoms in total. The van der Waals surface area contributed by atoms with Crippen LogP contribution in [0.15, 0.2) is 103 Å². The molecule has 0 aromatic heterocycles. The molecule has 0 aliphatic rings. The maximum atomic E-state index is 12.5. The number of nitrogens with one attached hydrogen (secondary N) is 2. The summed E-state index contributed by atoms with van der Waals surface area (Å²) in [5.41, 5.74) is 7.70. The van der Waals surface area contributed by atoms with Crippen LogP contribution in [-0.2, 0) is 4.74 Å². The van der Waals surface area contributed by atoms with Crippen molar-refractivity contribution >= 4 is 17.8 Å². The summed E-state index contributed by atoms with van der Waals surface area (Å²) in [4.78, 5) is 36.3. The van der Waals surface area contributed by atoms with Gasteiger partial charge in [-0.05, 0) is 84.6 Å². The number of rotatable bonds is 11. The molecule has 2 amide bonds. The predicted octanol–water partition coefficient (Wildman–Crippen LogP) is 5.45. The van der Waals surface area contributed by atoms with E-state index in [2.05, 4.69) is 15.6 Å². The minimum absolute atomic E-state index is 0.285. The Morgan fingerprint density at radius 2 is 0.975 bits per heavy atom. The van der Waals surface area contributed by atoms with E-state index in [4.69, 9.17) is 9.47 Å². The van der Waals surface area contributed by atoms with Gasteiger partial charge in [-0.3, -0.25) is 20.4 Å². The van der Waals surface area contributed by atoms with Crippen molar-refractivity contribution in [3.05, 3.63) is 120 Å². The molecular formula is C32H30N2O6. The minimum atomic E-state index is -0.510. The molecule has 0 saturated heterocycles. The molecule has 4 aromatic rings. The first-order valence-electron chi connectivity index (χ1n) is 12.8. The molecular weight excluding hydrogens is 508 g/mol. The van der Waals surface area contributed by atoms with E-state index >= 15 is 0 Å². The molecule has 40 heavy (non-hydrogen) atoms. The van der Waals surface area contributed by atoms with Crippen molar-refractivity contribution < 1.29 is 28.6 Å². The normalized spacial score (nSPS) is 10.3. The van der Waals surface area contributed by atoms with Crippen molar-refractivity contribution in [2.24, 2.45) is 0 Å². The zero-order chi connectivity index (χ0) is 28.2. The molecule has 0 saturated carbocycles. The smallest absolute Gasteiger partial charge is 0.337 e. The summed E-state index contributed by atoms with van der Waals surface area (Å²) in [6.07, 6.45) is 1.79. The van der Waals surface area contributed by atoms with Gasteiger partial charge in [-0.25, -0.2) is 4.79 Å². The Labute approximate surface area is 232 Å². The van der Waals surface area contributed by atoms with Crippen molar-refractivity contribution in [3.8, 4) is 22.6 Å². The monoisotopic (exact) mass is 538 g/mol. The van der Waals surface area contributed by atoms with Crippen LogP contribution in [0.4, 0.5) is 0 Å². The summed E-state index contributed by atoms with van der Waals surface area (Å²) in [6, 6.07) is 30.5. The van der Waals surface area contributed by atoms with Crippen molar-refractivity contribution in [1.82, 2.24) is 10.9 Å². The van der Waals surface area contributed by atoms with E-state index in [1.54, 1.807) is 12.1 Å². The highest BCUT2D eigenvalue weighted by Crippen LogP contribution is 2.23. The quantitative estimate of drug-likeness (QED) is 0.150. The number of carbonyl (C=O) groups excluding carboxylic acids is 3. The SMILES string of the molecule is COC(=O)c1ccc(C(=O)NNC(=O)c2ccc(-c3ccc(OCCCCOc4ccccc4)cc3)cc2)cc1. The lowest BCUT2D eigenvalue weighted by Gasteiger charge is -2.10. The van der Waals surface area contributed by atoms with Gasteiger partial charge in [0.15, 0.2) is 0 Å². The topological polar surface area (TPSA) is 103 Å². The fraction of sp³-hybridized carbons (Fsp3) is 0.156. The molecule has 204 valence electrons. The third-order valence-electron chi connectivity index (χ3n) is 6.01. The van der Waals surface area contributed by atoms with E-state index in [9.17, 15) is 14.4 Å². The summed E-state index contributed by atoms with van der Waals surface area (Å²) in [6.45, 7) is 1.26. The number of amides is 2. The number of carbonyl (C=O) groups is 3. The zero-order valence-electron chi connectivity index (χ0n) is 22.1. The van der Waals surface area contributed by atoms with Crippen molar-refractivity contribution in [1.29, 1.82) is 0 Å². The fourth-order valence-electron chi connectivity index (χ4n) is 3.79. The highest BCUT2D eigenvalue weighted by molar-refractivity contribution is 6.00. The van der Waals surface area contributed by atoms with Crippen LogP contribution in [0.25, 0.3) is 11.1 Å². The van der Waals surface area contributed by atoms with E-state index < -0.39 is 17.8 Å². The molecule has 4 rings (SSSR count). The van der Waals surface area contributed by atoms with Gasteiger partial charge in [-0.1, -0.05) is 42.5 Å². The second kappa shape index (κ2) is 14.2. The van der Waals surface area contributed by atoms with Gasteiger partial charge in [0, 0.05) is 11.1 Å². The second-order valence-electron chi connectivity index (χ2n) is 8.80. The van der Waals surface area contributed by atoms with Gasteiger partial charge in [0.2, 0.25) is 0 Å². The van der Waals surface area contributed by atoms with E-state index in [0.717, 1.165) is 35.5 Å². The average Bonchev–Trinajstić information content (AvgIpc) is 3.02. The molecule has 0 aliphatic heterocycles. The van der Waals surface area contributed by atoms with E-state index in [1.165, 1.54) is 31.4 Å². The summed E-state index contributed by atoms with van der Waals surface area (Å²) in [5, 5.41) is 0. The molecule has 4 aromatic carbocycles. The zero-order valence-corrected chi connectivity index (χ0v) is 22.1. The van der Waals surface area contributed by atoms with Gasteiger partial charge in [-0.15, -0.1) is 0 Å². The third-order valence-corrected chi connectivity index (χ3v) is 6.01. The molecule has 0 heterocycles. The van der Waals surface area contributed by atoms with Crippen LogP contribution in [0.5, 0.6) is 11.5 Å². The highest BCUT2D eigenvalue weighted by Gasteiger charge is 2.11. The third kappa shape index (κ3) is 7.94. The lowest BCUT2D eigenvalue weighted by atomic mass is 10.0. The Morgan fingerprint density at radius 3 is 1.48 bits per heavy atom. The van der Waals surface area contributed by atoms with Gasteiger partial charge in [-0.2, -0.15) is 0 Å². The summed E-state index contributed by atoms with van der Waals surface area (Å²) in [7, 11) is 1.28. The minimum Gasteiger partial charge on any atom is -0.494 e. The number of methoxy groups -OCH3 is 1. The van der Waals surface area contributed by atoms with E-state index in [-0.39, 0.29) is 5.56 Å². The van der Waals surface area contributed by atoms with Crippen LogP contribution >= 0.6 is 0 Å². The van der Waals surface area contributed by atoms with Gasteiger partial charge < -0.3 is 14.2 Å². The number of esters is 1. The fourth-order valence-corrected chi connectivity index (χ4v) is 3.79. The maximum Gasteiger partial charge on any atom is 0.337 e. The van der Waals surface area contributed by atoms with Crippen LogP contribution in [0.2, 0.25) is 0 Å². The molecule has 0 aliphatic carbocycles. The Balaban J connectivity index is 1.20. The first-order chi connectivity index (χ1) is 19.5. The van der Waals surface area contributed by atoms with E-state index in [1.807, 2.05) is 66.7 Å². The average molecular weight is 539 g/mol. The largest absolute Gasteiger partial charge is 0.494 e. The Morgan fingerprint density at radius 1 is 0.550 bits per heavy atom. The van der Waals surface area contributed by atoms with Crippen LogP contribution in [0, 0.1) is 0 Å². The standard InChI is InChI=1S/C32H30N2O6/c1-38-32(37)27-15-13-26(14-16-27)31(36)34-33-30(35)25-11-9-23(10-12-25)24-17-19-29(20-18-24)40-22-6-5-21-39-28-7-3-2-4-8-28/h2-4,7-20H,5-6,21-22H2,1H3,(H,33,35)(H,34,36). The van der Waals surface area contributed by atoms with Crippen LogP contribution in [0.1, 0.15) is 43.9 Å². The van der Waals surface area contributed by atoms with Crippen molar-refractivity contribution in [3.63, 3.8) is 0 Å². The lowest BCUT2D eigenvalue weighted by Crippen LogP contribution is -2.41. The Kier molecular flexibility index (Phi) is 9.88. The summed E-state index contributed by atoms with van der Waals surface area (Å²) < 4.78 is 16.2. The number of unbranched alkanes of at least 4 members (excludes halogenated alkanes) is 1. The number of hydrazine groups is 1. The van der Waals surface area contributed by atoms with Crippen molar-refractivity contribution in [2.75, 3.05) is 20.3 Å². The molecule has 8 heteroatoms. The number of hydrogen-bond acceptors (Lipinski definition) is 6. The molecule has 0 fully saturated rings. The van der Waals surface area contributed by atoms with Gasteiger partial charge in [0.25, 0.3) is 11.8 Å². The van der Waals surface area contributed by atoms with Crippen molar-refractivity contribution in [2.45, 2.75) is 12.8 Å². The van der Waals surface area contributed by atoms with E-state index in [0.29, 0.717) is 24.3 Å². The number of benzene rings is 4. The maximum absolute atomic E-state index is 12.5. The molecule has 0 atom stereocenters. The van der Waals surface area contributed by atoms with Gasteiger partial charge >= 0.3 is 5.97 Å². The first kappa shape index (κ1) is 27.9. The van der Waals surface area contributed by atoms with Crippen LogP contribution in [0.3, 0.4) is 0 Å². The van der Waals surface area contributed by atoms with Crippen LogP contribution in [-0.4, -0.2) is 38.1 Å². The Hall–Kier alpha value is -5.11. The second-order valence-corrected chi connectivity index (χ2v) is 8.80. The van der Waals surface area contributed by atoms with Crippen LogP contribution < -0.4 is 20.3 Å². The molecule has 0 unspecified atom stereocenters. The summed E-state index contributed by atoms with van der Waals surface area (Å²) in [5.74, 6) is 0.206. The molecule has 0 bridgehead atoms. The summed E-state index contributed by atoms with van der Waals surface area (Å²) >= 11 is 0. The molecule has 0 radical (unpaired) electrons. The predicted molar refractivity (Wildman–Crippen MR) is 151 cm³/mol. The molecule has 0 spiro atoms. The Bertz CT molecular complexity index is 1400. The number of para-hydroxylation sites is 1. The van der Waals surface area contributed by atoms with Gasteiger partial charge in [0.1, 0.15) is 11.5 Å².